The molecule has 0 saturated carbocycles. The molecule has 1 aromatic heterocycles. The van der Waals surface area contributed by atoms with Crippen LogP contribution in [0.3, 0.4) is 0 Å². The Kier molecular flexibility index (Phi) is 7.21. The topological polar surface area (TPSA) is 75.7 Å². The molecule has 7 heteroatoms. The molecule has 0 aliphatic carbocycles. The normalized spacial score (nSPS) is 11.4. The largest absolute Gasteiger partial charge is 0.465 e. The highest BCUT2D eigenvalue weighted by Gasteiger charge is 2.26. The van der Waals surface area contributed by atoms with E-state index in [0.29, 0.717) is 15.4 Å². The highest BCUT2D eigenvalue weighted by atomic mass is 32.1. The van der Waals surface area contributed by atoms with E-state index < -0.39 is 11.9 Å². The monoisotopic (exact) mass is 428 g/mol. The van der Waals surface area contributed by atoms with Crippen molar-refractivity contribution in [3.05, 3.63) is 57.5 Å². The van der Waals surface area contributed by atoms with Crippen LogP contribution in [0, 0.1) is 6.92 Å². The molecule has 30 heavy (non-hydrogen) atoms. The Morgan fingerprint density at radius 2 is 1.70 bits per heavy atom. The Balaban J connectivity index is 2.25. The van der Waals surface area contributed by atoms with E-state index in [2.05, 4.69) is 26.1 Å². The molecule has 0 bridgehead atoms. The van der Waals surface area contributed by atoms with Crippen molar-refractivity contribution in [2.75, 3.05) is 26.5 Å². The van der Waals surface area contributed by atoms with Crippen LogP contribution in [0.5, 0.6) is 0 Å². The van der Waals surface area contributed by atoms with Crippen LogP contribution in [0.2, 0.25) is 0 Å². The summed E-state index contributed by atoms with van der Waals surface area (Å²) in [4.78, 5) is 38.9. The quantitative estimate of drug-likeness (QED) is 0.562. The van der Waals surface area contributed by atoms with Gasteiger partial charge in [-0.25, -0.2) is 4.79 Å². The van der Waals surface area contributed by atoms with Crippen LogP contribution in [0.25, 0.3) is 6.08 Å². The molecule has 1 N–H and O–H groups in total. The number of rotatable bonds is 5. The van der Waals surface area contributed by atoms with Crippen LogP contribution < -0.4 is 5.32 Å². The predicted molar refractivity (Wildman–Crippen MR) is 121 cm³/mol. The van der Waals surface area contributed by atoms with E-state index >= 15 is 0 Å². The van der Waals surface area contributed by atoms with E-state index in [4.69, 9.17) is 4.74 Å². The van der Waals surface area contributed by atoms with Gasteiger partial charge >= 0.3 is 5.97 Å². The van der Waals surface area contributed by atoms with Crippen LogP contribution in [0.4, 0.5) is 5.00 Å². The van der Waals surface area contributed by atoms with Crippen molar-refractivity contribution in [2.24, 2.45) is 0 Å². The number of amides is 2. The fourth-order valence-corrected chi connectivity index (χ4v) is 4.00. The fourth-order valence-electron chi connectivity index (χ4n) is 2.78. The Bertz CT molecular complexity index is 980. The second-order valence-electron chi connectivity index (χ2n) is 8.15. The van der Waals surface area contributed by atoms with Gasteiger partial charge in [0.05, 0.1) is 17.6 Å². The summed E-state index contributed by atoms with van der Waals surface area (Å²) in [5, 5.41) is 3.00. The van der Waals surface area contributed by atoms with Gasteiger partial charge in [0, 0.05) is 20.2 Å². The molecule has 0 aliphatic heterocycles. The highest BCUT2D eigenvalue weighted by Crippen LogP contribution is 2.34. The van der Waals surface area contributed by atoms with E-state index in [1.165, 1.54) is 23.6 Å². The average molecular weight is 429 g/mol. The summed E-state index contributed by atoms with van der Waals surface area (Å²) in [6.45, 7) is 8.09. The number of nitrogens with one attached hydrogen (secondary N) is 1. The van der Waals surface area contributed by atoms with E-state index in [9.17, 15) is 14.4 Å². The maximum absolute atomic E-state index is 12.5. The average Bonchev–Trinajstić information content (AvgIpc) is 3.00. The van der Waals surface area contributed by atoms with E-state index in [1.54, 1.807) is 27.1 Å². The molecule has 1 heterocycles. The summed E-state index contributed by atoms with van der Waals surface area (Å²) in [5.41, 5.74) is 2.84. The van der Waals surface area contributed by atoms with Crippen molar-refractivity contribution in [1.29, 1.82) is 0 Å². The van der Waals surface area contributed by atoms with Gasteiger partial charge in [0.2, 0.25) is 5.91 Å². The standard InChI is InChI=1S/C23H28N2O4S/c1-14-18(22(28)29-7)20(30-19(14)21(27)25(5)6)24-17(26)13-10-15-8-11-16(12-9-15)23(2,3)4/h8-13H,1-7H3,(H,24,26). The van der Waals surface area contributed by atoms with Crippen LogP contribution in [0.15, 0.2) is 30.3 Å². The number of nitrogens with zero attached hydrogens (tertiary/aromatic N) is 1. The minimum absolute atomic E-state index is 0.0582. The lowest BCUT2D eigenvalue weighted by atomic mass is 9.87. The van der Waals surface area contributed by atoms with Crippen molar-refractivity contribution < 1.29 is 19.1 Å². The van der Waals surface area contributed by atoms with Crippen molar-refractivity contribution in [2.45, 2.75) is 33.1 Å². The lowest BCUT2D eigenvalue weighted by Gasteiger charge is -2.18. The highest BCUT2D eigenvalue weighted by molar-refractivity contribution is 7.18. The smallest absolute Gasteiger partial charge is 0.341 e. The molecule has 0 fully saturated rings. The summed E-state index contributed by atoms with van der Waals surface area (Å²) in [5.74, 6) is -1.23. The van der Waals surface area contributed by atoms with Crippen LogP contribution >= 0.6 is 11.3 Å². The Labute approximate surface area is 181 Å². The lowest BCUT2D eigenvalue weighted by Crippen LogP contribution is -2.21. The van der Waals surface area contributed by atoms with Gasteiger partial charge in [0.1, 0.15) is 5.00 Å². The van der Waals surface area contributed by atoms with Gasteiger partial charge < -0.3 is 15.0 Å². The molecular weight excluding hydrogens is 400 g/mol. The second kappa shape index (κ2) is 9.26. The van der Waals surface area contributed by atoms with Gasteiger partial charge in [-0.3, -0.25) is 9.59 Å². The number of ether oxygens (including phenoxy) is 1. The van der Waals surface area contributed by atoms with E-state index in [0.717, 1.165) is 16.9 Å². The molecule has 2 rings (SSSR count). The maximum Gasteiger partial charge on any atom is 0.341 e. The lowest BCUT2D eigenvalue weighted by molar-refractivity contribution is -0.111. The molecule has 0 aliphatic rings. The van der Waals surface area contributed by atoms with E-state index in [-0.39, 0.29) is 16.9 Å². The SMILES string of the molecule is COC(=O)c1c(NC(=O)C=Cc2ccc(C(C)(C)C)cc2)sc(C(=O)N(C)C)c1C. The van der Waals surface area contributed by atoms with Gasteiger partial charge in [0.15, 0.2) is 0 Å². The number of esters is 1. The zero-order valence-corrected chi connectivity index (χ0v) is 19.3. The molecule has 2 amide bonds. The number of methoxy groups -OCH3 is 1. The molecule has 0 unspecified atom stereocenters. The van der Waals surface area contributed by atoms with Gasteiger partial charge in [0.25, 0.3) is 5.91 Å². The predicted octanol–water partition coefficient (Wildman–Crippen LogP) is 4.49. The Morgan fingerprint density at radius 3 is 2.20 bits per heavy atom. The number of thiophene rings is 1. The molecule has 160 valence electrons. The van der Waals surface area contributed by atoms with Gasteiger partial charge in [-0.1, -0.05) is 45.0 Å². The van der Waals surface area contributed by atoms with Crippen LogP contribution in [0.1, 0.15) is 57.5 Å². The zero-order valence-electron chi connectivity index (χ0n) is 18.5. The molecule has 0 saturated heterocycles. The summed E-state index contributed by atoms with van der Waals surface area (Å²) in [6.07, 6.45) is 3.10. The van der Waals surface area contributed by atoms with Crippen LogP contribution in [-0.2, 0) is 14.9 Å². The third-order valence-corrected chi connectivity index (χ3v) is 5.77. The number of anilines is 1. The maximum atomic E-state index is 12.5. The van der Waals surface area contributed by atoms with Gasteiger partial charge in [-0.15, -0.1) is 11.3 Å². The third kappa shape index (κ3) is 5.36. The first kappa shape index (κ1) is 23.3. The molecule has 0 spiro atoms. The Hall–Kier alpha value is -2.93. The molecular formula is C23H28N2O4S. The number of hydrogen-bond acceptors (Lipinski definition) is 5. The van der Waals surface area contributed by atoms with Gasteiger partial charge in [-0.2, -0.15) is 0 Å². The summed E-state index contributed by atoms with van der Waals surface area (Å²) in [6, 6.07) is 7.98. The van der Waals surface area contributed by atoms with Crippen LogP contribution in [-0.4, -0.2) is 43.9 Å². The zero-order chi connectivity index (χ0) is 22.6. The van der Waals surface area contributed by atoms with E-state index in [1.807, 2.05) is 24.3 Å². The number of hydrogen-bond donors (Lipinski definition) is 1. The molecule has 0 atom stereocenters. The molecule has 6 nitrogen and oxygen atoms in total. The van der Waals surface area contributed by atoms with Crippen molar-refractivity contribution in [1.82, 2.24) is 4.90 Å². The first-order chi connectivity index (χ1) is 14.0. The minimum atomic E-state index is -0.599. The number of benzene rings is 1. The third-order valence-electron chi connectivity index (χ3n) is 4.58. The number of carbonyl (C=O) groups excluding carboxylic acids is 3. The van der Waals surface area contributed by atoms with Crippen molar-refractivity contribution in [3.8, 4) is 0 Å². The molecule has 1 aromatic carbocycles. The molecule has 0 radical (unpaired) electrons. The number of carbonyl (C=O) groups is 3. The summed E-state index contributed by atoms with van der Waals surface area (Å²) in [7, 11) is 4.52. The van der Waals surface area contributed by atoms with Gasteiger partial charge in [-0.05, 0) is 35.1 Å². The van der Waals surface area contributed by atoms with Crippen molar-refractivity contribution >= 4 is 40.2 Å². The van der Waals surface area contributed by atoms with Crippen molar-refractivity contribution in [3.63, 3.8) is 0 Å². The first-order valence-electron chi connectivity index (χ1n) is 9.48. The molecule has 2 aromatic rings. The Morgan fingerprint density at radius 1 is 1.10 bits per heavy atom. The first-order valence-corrected chi connectivity index (χ1v) is 10.3. The fraction of sp³-hybridized carbons (Fsp3) is 0.348. The minimum Gasteiger partial charge on any atom is -0.465 e. The summed E-state index contributed by atoms with van der Waals surface area (Å²) >= 11 is 1.06. The summed E-state index contributed by atoms with van der Waals surface area (Å²) < 4.78 is 4.83. The second-order valence-corrected chi connectivity index (χ2v) is 9.17.